The third-order valence-electron chi connectivity index (χ3n) is 2.74. The zero-order valence-electron chi connectivity index (χ0n) is 11.3. The van der Waals surface area contributed by atoms with Gasteiger partial charge in [0.2, 0.25) is 0 Å². The molecule has 0 radical (unpaired) electrons. The van der Waals surface area contributed by atoms with Gasteiger partial charge in [-0.2, -0.15) is 0 Å². The van der Waals surface area contributed by atoms with E-state index in [1.165, 1.54) is 6.42 Å². The number of aromatic nitrogens is 2. The minimum Gasteiger partial charge on any atom is -0.271 e. The maximum Gasteiger partial charge on any atom is 0.0769 e. The highest BCUT2D eigenvalue weighted by atomic mass is 15.2. The van der Waals surface area contributed by atoms with Crippen molar-refractivity contribution < 1.29 is 0 Å². The Morgan fingerprint density at radius 3 is 2.53 bits per heavy atom. The van der Waals surface area contributed by atoms with E-state index < -0.39 is 0 Å². The average molecular weight is 236 g/mol. The van der Waals surface area contributed by atoms with Crippen molar-refractivity contribution in [3.63, 3.8) is 0 Å². The van der Waals surface area contributed by atoms with E-state index in [4.69, 9.17) is 5.84 Å². The molecule has 0 aromatic carbocycles. The molecule has 96 valence electrons. The number of rotatable bonds is 5. The van der Waals surface area contributed by atoms with E-state index in [0.717, 1.165) is 12.1 Å². The van der Waals surface area contributed by atoms with Gasteiger partial charge < -0.3 is 0 Å². The molecule has 2 unspecified atom stereocenters. The molecule has 0 aliphatic rings. The van der Waals surface area contributed by atoms with Crippen LogP contribution in [0.3, 0.4) is 0 Å². The third-order valence-corrected chi connectivity index (χ3v) is 2.74. The van der Waals surface area contributed by atoms with Gasteiger partial charge in [0.05, 0.1) is 17.9 Å². The summed E-state index contributed by atoms with van der Waals surface area (Å²) in [5.41, 5.74) is 4.09. The zero-order valence-corrected chi connectivity index (χ0v) is 11.3. The van der Waals surface area contributed by atoms with E-state index in [2.05, 4.69) is 43.1 Å². The molecule has 1 heterocycles. The summed E-state index contributed by atoms with van der Waals surface area (Å²) in [7, 11) is 0. The minimum atomic E-state index is 0.0843. The van der Waals surface area contributed by atoms with Gasteiger partial charge in [-0.15, -0.1) is 0 Å². The molecule has 0 aliphatic heterocycles. The second-order valence-corrected chi connectivity index (χ2v) is 5.96. The fourth-order valence-electron chi connectivity index (χ4n) is 2.30. The van der Waals surface area contributed by atoms with Crippen LogP contribution < -0.4 is 11.3 Å². The molecule has 1 rings (SSSR count). The molecule has 17 heavy (non-hydrogen) atoms. The Hall–Kier alpha value is -1.00. The van der Waals surface area contributed by atoms with Gasteiger partial charge in [-0.05, 0) is 24.2 Å². The fourth-order valence-corrected chi connectivity index (χ4v) is 2.30. The monoisotopic (exact) mass is 236 g/mol. The Kier molecular flexibility index (Phi) is 5.02. The molecule has 4 nitrogen and oxygen atoms in total. The molecule has 0 saturated heterocycles. The fraction of sp³-hybridized carbons (Fsp3) is 0.692. The first-order valence-electron chi connectivity index (χ1n) is 6.14. The normalized spacial score (nSPS) is 15.6. The molecule has 0 amide bonds. The molecule has 1 aromatic rings. The number of nitrogens with two attached hydrogens (primary N) is 1. The standard InChI is InChI=1S/C13H24N4/c1-10(8-13(2,3)4)7-11(17-14)12-9-15-5-6-16-12/h5-6,9-11,17H,7-8,14H2,1-4H3. The molecule has 0 spiro atoms. The molecular formula is C13H24N4. The highest BCUT2D eigenvalue weighted by molar-refractivity contribution is 5.01. The van der Waals surface area contributed by atoms with Gasteiger partial charge >= 0.3 is 0 Å². The number of nitrogens with one attached hydrogen (secondary N) is 1. The molecule has 0 aliphatic carbocycles. The topological polar surface area (TPSA) is 63.8 Å². The maximum absolute atomic E-state index is 5.60. The SMILES string of the molecule is CC(CC(NN)c1cnccn1)CC(C)(C)C. The van der Waals surface area contributed by atoms with Gasteiger partial charge in [-0.1, -0.05) is 27.7 Å². The second kappa shape index (κ2) is 6.07. The number of nitrogens with zero attached hydrogens (tertiary/aromatic N) is 2. The first kappa shape index (κ1) is 14.1. The van der Waals surface area contributed by atoms with Crippen molar-refractivity contribution >= 4 is 0 Å². The van der Waals surface area contributed by atoms with Crippen molar-refractivity contribution in [2.75, 3.05) is 0 Å². The van der Waals surface area contributed by atoms with Crippen molar-refractivity contribution in [2.45, 2.75) is 46.6 Å². The smallest absolute Gasteiger partial charge is 0.0769 e. The summed E-state index contributed by atoms with van der Waals surface area (Å²) in [5, 5.41) is 0. The Morgan fingerprint density at radius 2 is 2.06 bits per heavy atom. The Labute approximate surface area is 104 Å². The van der Waals surface area contributed by atoms with Crippen LogP contribution in [0.4, 0.5) is 0 Å². The first-order valence-corrected chi connectivity index (χ1v) is 6.14. The lowest BCUT2D eigenvalue weighted by molar-refractivity contribution is 0.275. The summed E-state index contributed by atoms with van der Waals surface area (Å²) in [6, 6.07) is 0.0843. The predicted molar refractivity (Wildman–Crippen MR) is 69.9 cm³/mol. The first-order chi connectivity index (χ1) is 7.92. The lowest BCUT2D eigenvalue weighted by Crippen LogP contribution is -2.30. The van der Waals surface area contributed by atoms with Crippen LogP contribution >= 0.6 is 0 Å². The molecule has 0 saturated carbocycles. The van der Waals surface area contributed by atoms with Gasteiger partial charge in [0.25, 0.3) is 0 Å². The number of hydrogen-bond donors (Lipinski definition) is 2. The van der Waals surface area contributed by atoms with Crippen LogP contribution in [-0.4, -0.2) is 9.97 Å². The number of hydrazine groups is 1. The summed E-state index contributed by atoms with van der Waals surface area (Å²) in [6.45, 7) is 9.04. The van der Waals surface area contributed by atoms with Crippen LogP contribution in [0.5, 0.6) is 0 Å². The van der Waals surface area contributed by atoms with Crippen LogP contribution in [0.15, 0.2) is 18.6 Å². The summed E-state index contributed by atoms with van der Waals surface area (Å²) < 4.78 is 0. The lowest BCUT2D eigenvalue weighted by Gasteiger charge is -2.26. The van der Waals surface area contributed by atoms with Gasteiger partial charge in [0, 0.05) is 12.4 Å². The Balaban J connectivity index is 2.59. The van der Waals surface area contributed by atoms with Crippen LogP contribution in [0.2, 0.25) is 0 Å². The second-order valence-electron chi connectivity index (χ2n) is 5.96. The maximum atomic E-state index is 5.60. The molecule has 0 bridgehead atoms. The largest absolute Gasteiger partial charge is 0.271 e. The van der Waals surface area contributed by atoms with Gasteiger partial charge in [-0.25, -0.2) is 0 Å². The van der Waals surface area contributed by atoms with E-state index in [1.54, 1.807) is 18.6 Å². The molecule has 2 atom stereocenters. The van der Waals surface area contributed by atoms with Crippen LogP contribution in [0.1, 0.15) is 52.3 Å². The van der Waals surface area contributed by atoms with E-state index in [9.17, 15) is 0 Å². The highest BCUT2D eigenvalue weighted by Gasteiger charge is 2.20. The quantitative estimate of drug-likeness (QED) is 0.609. The van der Waals surface area contributed by atoms with E-state index in [-0.39, 0.29) is 6.04 Å². The molecule has 0 fully saturated rings. The molecule has 3 N–H and O–H groups in total. The minimum absolute atomic E-state index is 0.0843. The number of hydrogen-bond acceptors (Lipinski definition) is 4. The van der Waals surface area contributed by atoms with Gasteiger partial charge in [0.1, 0.15) is 0 Å². The third kappa shape index (κ3) is 5.24. The van der Waals surface area contributed by atoms with Crippen molar-refractivity contribution in [3.05, 3.63) is 24.3 Å². The van der Waals surface area contributed by atoms with E-state index in [1.807, 2.05) is 0 Å². The summed E-state index contributed by atoms with van der Waals surface area (Å²) in [5.74, 6) is 6.19. The zero-order chi connectivity index (χ0) is 12.9. The summed E-state index contributed by atoms with van der Waals surface area (Å²) in [6.07, 6.45) is 7.30. The van der Waals surface area contributed by atoms with Crippen LogP contribution in [0.25, 0.3) is 0 Å². The van der Waals surface area contributed by atoms with Crippen LogP contribution in [0, 0.1) is 11.3 Å². The molecule has 1 aromatic heterocycles. The van der Waals surface area contributed by atoms with Crippen molar-refractivity contribution in [2.24, 2.45) is 17.2 Å². The van der Waals surface area contributed by atoms with E-state index in [0.29, 0.717) is 11.3 Å². The lowest BCUT2D eigenvalue weighted by atomic mass is 9.82. The average Bonchev–Trinajstić information content (AvgIpc) is 2.24. The predicted octanol–water partition coefficient (Wildman–Crippen LogP) is 2.44. The Morgan fingerprint density at radius 1 is 1.35 bits per heavy atom. The van der Waals surface area contributed by atoms with Gasteiger partial charge in [0.15, 0.2) is 0 Å². The van der Waals surface area contributed by atoms with Crippen molar-refractivity contribution in [3.8, 4) is 0 Å². The summed E-state index contributed by atoms with van der Waals surface area (Å²) >= 11 is 0. The van der Waals surface area contributed by atoms with E-state index >= 15 is 0 Å². The summed E-state index contributed by atoms with van der Waals surface area (Å²) in [4.78, 5) is 8.37. The molecule has 4 heteroatoms. The molecular weight excluding hydrogens is 212 g/mol. The Bertz CT molecular complexity index is 318. The van der Waals surface area contributed by atoms with Gasteiger partial charge in [-0.3, -0.25) is 21.2 Å². The van der Waals surface area contributed by atoms with Crippen molar-refractivity contribution in [1.29, 1.82) is 0 Å². The van der Waals surface area contributed by atoms with Crippen LogP contribution in [-0.2, 0) is 0 Å². The highest BCUT2D eigenvalue weighted by Crippen LogP contribution is 2.29. The van der Waals surface area contributed by atoms with Crippen molar-refractivity contribution in [1.82, 2.24) is 15.4 Å².